The molecule has 0 radical (unpaired) electrons. The van der Waals surface area contributed by atoms with E-state index in [4.69, 9.17) is 19.0 Å². The summed E-state index contributed by atoms with van der Waals surface area (Å²) in [5.41, 5.74) is 1.42. The number of oxime groups is 1. The molecule has 1 aliphatic rings. The fraction of sp³-hybridized carbons (Fsp3) is 0.556. The summed E-state index contributed by atoms with van der Waals surface area (Å²) in [5, 5.41) is 4.14. The first kappa shape index (κ1) is 19.7. The molecule has 0 amide bonds. The van der Waals surface area contributed by atoms with Gasteiger partial charge in [-0.2, -0.15) is 0 Å². The highest BCUT2D eigenvalue weighted by molar-refractivity contribution is 9.10. The van der Waals surface area contributed by atoms with Crippen molar-refractivity contribution in [3.8, 4) is 5.75 Å². The number of unbranched alkanes of at least 4 members (excludes halogenated alkanes) is 1. The maximum absolute atomic E-state index is 11.8. The number of nitrogens with zero attached hydrogens (tertiary/aromatic N) is 1. The molecular formula is C18H24BrNO5. The summed E-state index contributed by atoms with van der Waals surface area (Å²) in [6, 6.07) is 5.55. The number of hydrogen-bond donors (Lipinski definition) is 0. The van der Waals surface area contributed by atoms with Gasteiger partial charge in [-0.1, -0.05) is 41.4 Å². The number of hydrogen-bond acceptors (Lipinski definition) is 6. The Kier molecular flexibility index (Phi) is 7.71. The molecule has 1 heterocycles. The summed E-state index contributed by atoms with van der Waals surface area (Å²) in [6.45, 7) is 5.00. The van der Waals surface area contributed by atoms with E-state index in [-0.39, 0.29) is 6.10 Å². The van der Waals surface area contributed by atoms with Gasteiger partial charge in [0.25, 0.3) is 0 Å². The smallest absolute Gasteiger partial charge is 0.347 e. The van der Waals surface area contributed by atoms with Crippen molar-refractivity contribution < 1.29 is 23.8 Å². The van der Waals surface area contributed by atoms with E-state index in [0.717, 1.165) is 22.9 Å². The molecule has 25 heavy (non-hydrogen) atoms. The lowest BCUT2D eigenvalue weighted by molar-refractivity contribution is -0.148. The van der Waals surface area contributed by atoms with Gasteiger partial charge in [-0.05, 0) is 31.0 Å². The van der Waals surface area contributed by atoms with Gasteiger partial charge in [0.15, 0.2) is 6.10 Å². The second kappa shape index (κ2) is 9.77. The fourth-order valence-electron chi connectivity index (χ4n) is 2.42. The Balaban J connectivity index is 2.24. The van der Waals surface area contributed by atoms with Crippen molar-refractivity contribution in [1.82, 2.24) is 0 Å². The van der Waals surface area contributed by atoms with Crippen LogP contribution in [-0.4, -0.2) is 44.2 Å². The molecule has 138 valence electrons. The summed E-state index contributed by atoms with van der Waals surface area (Å²) in [5.74, 6) is 0.144. The molecule has 0 fully saturated rings. The molecular weight excluding hydrogens is 390 g/mol. The number of esters is 1. The topological polar surface area (TPSA) is 66.3 Å². The van der Waals surface area contributed by atoms with Gasteiger partial charge in [0.2, 0.25) is 0 Å². The van der Waals surface area contributed by atoms with Crippen LogP contribution in [-0.2, 0) is 19.1 Å². The van der Waals surface area contributed by atoms with Crippen molar-refractivity contribution in [2.45, 2.75) is 45.3 Å². The summed E-state index contributed by atoms with van der Waals surface area (Å²) in [7, 11) is 1.35. The van der Waals surface area contributed by atoms with E-state index in [1.807, 2.05) is 19.1 Å². The average molecular weight is 414 g/mol. The molecule has 7 heteroatoms. The minimum atomic E-state index is -0.674. The van der Waals surface area contributed by atoms with Crippen LogP contribution in [0.2, 0.25) is 0 Å². The van der Waals surface area contributed by atoms with Gasteiger partial charge < -0.3 is 19.0 Å². The Morgan fingerprint density at radius 2 is 2.24 bits per heavy atom. The number of benzene rings is 1. The molecule has 0 N–H and O–H groups in total. The van der Waals surface area contributed by atoms with Crippen molar-refractivity contribution in [3.63, 3.8) is 0 Å². The van der Waals surface area contributed by atoms with E-state index in [9.17, 15) is 4.79 Å². The van der Waals surface area contributed by atoms with E-state index < -0.39 is 12.1 Å². The predicted molar refractivity (Wildman–Crippen MR) is 98.0 cm³/mol. The van der Waals surface area contributed by atoms with Crippen molar-refractivity contribution in [2.75, 3.05) is 20.3 Å². The number of halogens is 1. The zero-order valence-electron chi connectivity index (χ0n) is 14.8. The summed E-state index contributed by atoms with van der Waals surface area (Å²) >= 11 is 3.47. The molecule has 2 rings (SSSR count). The molecule has 6 nitrogen and oxygen atoms in total. The van der Waals surface area contributed by atoms with Gasteiger partial charge in [0.1, 0.15) is 24.2 Å². The number of carbonyl (C=O) groups is 1. The third kappa shape index (κ3) is 5.19. The lowest BCUT2D eigenvalue weighted by Crippen LogP contribution is -2.30. The van der Waals surface area contributed by atoms with Gasteiger partial charge in [0.05, 0.1) is 7.11 Å². The highest BCUT2D eigenvalue weighted by Crippen LogP contribution is 2.29. The molecule has 1 unspecified atom stereocenters. The monoisotopic (exact) mass is 413 g/mol. The van der Waals surface area contributed by atoms with Crippen LogP contribution in [0.3, 0.4) is 0 Å². The summed E-state index contributed by atoms with van der Waals surface area (Å²) < 4.78 is 17.5. The molecule has 0 saturated carbocycles. The Hall–Kier alpha value is -1.60. The van der Waals surface area contributed by atoms with Gasteiger partial charge in [-0.25, -0.2) is 4.79 Å². The van der Waals surface area contributed by atoms with Crippen molar-refractivity contribution in [1.29, 1.82) is 0 Å². The van der Waals surface area contributed by atoms with Crippen LogP contribution in [0.1, 0.15) is 38.7 Å². The van der Waals surface area contributed by atoms with Gasteiger partial charge in [-0.15, -0.1) is 0 Å². The fourth-order valence-corrected chi connectivity index (χ4v) is 2.78. The third-order valence-corrected chi connectivity index (χ3v) is 4.33. The SMILES string of the molecule is CCCCOC1CON=C1c1cc(Br)ccc1O[C@@H](CC)C(=O)OC. The standard InChI is InChI=1S/C18H24BrNO5/c1-4-6-9-23-16-11-24-20-17(16)13-10-12(19)7-8-15(13)25-14(5-2)18(21)22-3/h7-8,10,14,16H,4-6,9,11H2,1-3H3/t14-,16?/m0/s1. The zero-order valence-corrected chi connectivity index (χ0v) is 16.4. The maximum Gasteiger partial charge on any atom is 0.347 e. The highest BCUT2D eigenvalue weighted by atomic mass is 79.9. The van der Waals surface area contributed by atoms with E-state index in [1.165, 1.54) is 7.11 Å². The van der Waals surface area contributed by atoms with Crippen molar-refractivity contribution in [2.24, 2.45) is 5.16 Å². The van der Waals surface area contributed by atoms with E-state index in [1.54, 1.807) is 6.07 Å². The summed E-state index contributed by atoms with van der Waals surface area (Å²) in [4.78, 5) is 17.1. The third-order valence-electron chi connectivity index (χ3n) is 3.83. The Labute approximate surface area is 156 Å². The first-order valence-corrected chi connectivity index (χ1v) is 9.25. The lowest BCUT2D eigenvalue weighted by Gasteiger charge is -2.19. The predicted octanol–water partition coefficient (Wildman–Crippen LogP) is 3.70. The van der Waals surface area contributed by atoms with E-state index >= 15 is 0 Å². The molecule has 1 aromatic rings. The second-order valence-corrected chi connectivity index (χ2v) is 6.58. The molecule has 2 atom stereocenters. The molecule has 0 aliphatic carbocycles. The Morgan fingerprint density at radius 1 is 1.44 bits per heavy atom. The molecule has 0 saturated heterocycles. The van der Waals surface area contributed by atoms with E-state index in [0.29, 0.717) is 31.1 Å². The molecule has 1 aromatic carbocycles. The normalized spacial score (nSPS) is 17.6. The first-order chi connectivity index (χ1) is 12.1. The number of carbonyl (C=O) groups excluding carboxylic acids is 1. The number of ether oxygens (including phenoxy) is 3. The lowest BCUT2D eigenvalue weighted by atomic mass is 10.0. The van der Waals surface area contributed by atoms with Gasteiger partial charge >= 0.3 is 5.97 Å². The molecule has 0 spiro atoms. The first-order valence-electron chi connectivity index (χ1n) is 8.46. The second-order valence-electron chi connectivity index (χ2n) is 5.66. The van der Waals surface area contributed by atoms with Crippen molar-refractivity contribution in [3.05, 3.63) is 28.2 Å². The van der Waals surface area contributed by atoms with E-state index in [2.05, 4.69) is 28.0 Å². The van der Waals surface area contributed by atoms with Crippen LogP contribution in [0.15, 0.2) is 27.8 Å². The average Bonchev–Trinajstić information content (AvgIpc) is 3.08. The molecule has 0 aromatic heterocycles. The van der Waals surface area contributed by atoms with Crippen LogP contribution < -0.4 is 4.74 Å². The Bertz CT molecular complexity index is 619. The van der Waals surface area contributed by atoms with Crippen molar-refractivity contribution >= 4 is 27.6 Å². The molecule has 0 bridgehead atoms. The van der Waals surface area contributed by atoms with Crippen LogP contribution in [0.5, 0.6) is 5.75 Å². The quantitative estimate of drug-likeness (QED) is 0.456. The van der Waals surface area contributed by atoms with Crippen LogP contribution in [0, 0.1) is 0 Å². The van der Waals surface area contributed by atoms with Crippen LogP contribution in [0.4, 0.5) is 0 Å². The summed E-state index contributed by atoms with van der Waals surface area (Å²) in [6.07, 6.45) is 1.62. The van der Waals surface area contributed by atoms with Gasteiger partial charge in [0, 0.05) is 16.6 Å². The minimum absolute atomic E-state index is 0.249. The highest BCUT2D eigenvalue weighted by Gasteiger charge is 2.29. The number of rotatable bonds is 9. The van der Waals surface area contributed by atoms with Crippen LogP contribution in [0.25, 0.3) is 0 Å². The number of methoxy groups -OCH3 is 1. The molecule has 1 aliphatic heterocycles. The minimum Gasteiger partial charge on any atom is -0.478 e. The zero-order chi connectivity index (χ0) is 18.2. The van der Waals surface area contributed by atoms with Crippen LogP contribution >= 0.6 is 15.9 Å². The largest absolute Gasteiger partial charge is 0.478 e. The van der Waals surface area contributed by atoms with Gasteiger partial charge in [-0.3, -0.25) is 0 Å². The maximum atomic E-state index is 11.8. The Morgan fingerprint density at radius 3 is 2.92 bits per heavy atom.